The second-order valence-corrected chi connectivity index (χ2v) is 13.1. The van der Waals surface area contributed by atoms with E-state index in [1.54, 1.807) is 27.6 Å². The summed E-state index contributed by atoms with van der Waals surface area (Å²) in [6, 6.07) is 6.90. The Bertz CT molecular complexity index is 1450. The molecule has 8 nitrogen and oxygen atoms in total. The maximum Gasteiger partial charge on any atom is 0.266 e. The minimum absolute atomic E-state index is 0.0706. The van der Waals surface area contributed by atoms with Crippen LogP contribution in [-0.2, 0) is 16.2 Å². The van der Waals surface area contributed by atoms with E-state index in [0.29, 0.717) is 44.6 Å². The van der Waals surface area contributed by atoms with Crippen LogP contribution < -0.4 is 5.32 Å². The SMILES string of the molecule is Cc1cc(C(=O)N2CCC(C)(O)CC2)cc(C)c1/C=C/[S+]([O-])N1CCC2(CC1)N=C(c1ccc(F)c(C(F)F)c1)NC2=O. The number of alkyl halides is 2. The Kier molecular flexibility index (Phi) is 8.77. The van der Waals surface area contributed by atoms with Crippen molar-refractivity contribution in [3.05, 3.63) is 74.9 Å². The molecule has 2 aromatic carbocycles. The number of aliphatic hydroxyl groups is 1. The molecule has 0 saturated carbocycles. The third-order valence-electron chi connectivity index (χ3n) is 8.61. The van der Waals surface area contributed by atoms with E-state index in [2.05, 4.69) is 10.3 Å². The van der Waals surface area contributed by atoms with Gasteiger partial charge in [0, 0.05) is 37.3 Å². The Balaban J connectivity index is 1.22. The van der Waals surface area contributed by atoms with Crippen LogP contribution in [0.2, 0.25) is 0 Å². The van der Waals surface area contributed by atoms with Gasteiger partial charge in [0.05, 0.1) is 22.5 Å². The Morgan fingerprint density at radius 2 is 1.72 bits per heavy atom. The molecule has 2 fully saturated rings. The molecule has 2 N–H and O–H groups in total. The van der Waals surface area contributed by atoms with Gasteiger partial charge in [0.1, 0.15) is 22.6 Å². The Labute approximate surface area is 252 Å². The van der Waals surface area contributed by atoms with E-state index in [9.17, 15) is 32.4 Å². The van der Waals surface area contributed by atoms with E-state index in [-0.39, 0.29) is 36.1 Å². The van der Waals surface area contributed by atoms with E-state index >= 15 is 0 Å². The molecule has 3 aliphatic rings. The lowest BCUT2D eigenvalue weighted by Gasteiger charge is -2.36. The van der Waals surface area contributed by atoms with Gasteiger partial charge < -0.3 is 19.9 Å². The van der Waals surface area contributed by atoms with Crippen molar-refractivity contribution in [2.75, 3.05) is 26.2 Å². The van der Waals surface area contributed by atoms with Gasteiger partial charge in [-0.25, -0.2) is 13.2 Å². The Hall–Kier alpha value is -3.19. The van der Waals surface area contributed by atoms with Crippen molar-refractivity contribution >= 4 is 35.1 Å². The van der Waals surface area contributed by atoms with Crippen molar-refractivity contribution in [2.45, 2.75) is 64.0 Å². The number of carbonyl (C=O) groups is 2. The van der Waals surface area contributed by atoms with Gasteiger partial charge in [-0.15, -0.1) is 4.31 Å². The van der Waals surface area contributed by atoms with Crippen molar-refractivity contribution in [2.24, 2.45) is 4.99 Å². The van der Waals surface area contributed by atoms with E-state index in [4.69, 9.17) is 0 Å². The molecule has 43 heavy (non-hydrogen) atoms. The number of halogens is 3. The average Bonchev–Trinajstić information content (AvgIpc) is 3.27. The molecular formula is C31H35F3N4O4S. The summed E-state index contributed by atoms with van der Waals surface area (Å²) in [5.41, 5.74) is 0.809. The van der Waals surface area contributed by atoms with Crippen LogP contribution in [-0.4, -0.2) is 73.8 Å². The number of hydrogen-bond donors (Lipinski definition) is 2. The number of aliphatic imine (C=N–C) groups is 1. The molecule has 0 bridgehead atoms. The van der Waals surface area contributed by atoms with E-state index in [1.807, 2.05) is 26.0 Å². The molecule has 1 atom stereocenters. The summed E-state index contributed by atoms with van der Waals surface area (Å²) in [4.78, 5) is 32.3. The number of nitrogens with one attached hydrogen (secondary N) is 1. The highest BCUT2D eigenvalue weighted by Gasteiger charge is 2.47. The molecule has 12 heteroatoms. The topological polar surface area (TPSA) is 108 Å². The zero-order valence-corrected chi connectivity index (χ0v) is 25.1. The van der Waals surface area contributed by atoms with Crippen LogP contribution in [0.25, 0.3) is 6.08 Å². The van der Waals surface area contributed by atoms with E-state index in [1.165, 1.54) is 6.07 Å². The number of hydrogen-bond acceptors (Lipinski definition) is 6. The number of amides is 2. The number of rotatable bonds is 6. The minimum Gasteiger partial charge on any atom is -0.593 e. The molecule has 1 unspecified atom stereocenters. The fourth-order valence-electron chi connectivity index (χ4n) is 5.83. The molecule has 0 radical (unpaired) electrons. The van der Waals surface area contributed by atoms with Gasteiger partial charge in [-0.05, 0) is 99.6 Å². The molecule has 2 aromatic rings. The molecular weight excluding hydrogens is 581 g/mol. The smallest absolute Gasteiger partial charge is 0.266 e. The predicted octanol–water partition coefficient (Wildman–Crippen LogP) is 4.41. The number of benzene rings is 2. The molecule has 3 aliphatic heterocycles. The molecule has 2 amide bonds. The van der Waals surface area contributed by atoms with Crippen LogP contribution in [0.5, 0.6) is 0 Å². The molecule has 5 rings (SSSR count). The lowest BCUT2D eigenvalue weighted by Crippen LogP contribution is -2.50. The minimum atomic E-state index is -3.00. The van der Waals surface area contributed by atoms with Crippen molar-refractivity contribution in [3.63, 3.8) is 0 Å². The zero-order chi connectivity index (χ0) is 31.1. The summed E-state index contributed by atoms with van der Waals surface area (Å²) in [5, 5.41) is 14.4. The van der Waals surface area contributed by atoms with Gasteiger partial charge in [-0.1, -0.05) is 0 Å². The van der Waals surface area contributed by atoms with Crippen molar-refractivity contribution in [1.29, 1.82) is 0 Å². The summed E-state index contributed by atoms with van der Waals surface area (Å²) < 4.78 is 55.0. The van der Waals surface area contributed by atoms with Crippen LogP contribution in [0.1, 0.15) is 77.2 Å². The highest BCUT2D eigenvalue weighted by atomic mass is 32.2. The third kappa shape index (κ3) is 6.52. The lowest BCUT2D eigenvalue weighted by atomic mass is 9.89. The quantitative estimate of drug-likeness (QED) is 0.468. The largest absolute Gasteiger partial charge is 0.593 e. The summed E-state index contributed by atoms with van der Waals surface area (Å²) in [7, 11) is 0. The molecule has 230 valence electrons. The van der Waals surface area contributed by atoms with Gasteiger partial charge in [-0.2, -0.15) is 0 Å². The lowest BCUT2D eigenvalue weighted by molar-refractivity contribution is -0.124. The van der Waals surface area contributed by atoms with E-state index in [0.717, 1.165) is 28.8 Å². The van der Waals surface area contributed by atoms with Crippen LogP contribution in [0.4, 0.5) is 13.2 Å². The first kappa shape index (κ1) is 31.2. The number of aryl methyl sites for hydroxylation is 2. The molecule has 3 heterocycles. The normalized spacial score (nSPS) is 21.0. The van der Waals surface area contributed by atoms with Crippen LogP contribution in [0, 0.1) is 19.7 Å². The fourth-order valence-corrected chi connectivity index (χ4v) is 6.80. The maximum atomic E-state index is 13.7. The molecule has 0 aromatic heterocycles. The monoisotopic (exact) mass is 616 g/mol. The standard InChI is InChI=1S/C31H35F3N4O4S/c1-19-16-22(28(39)37-11-7-30(3,41)8-12-37)17-20(2)23(19)6-15-43(42)38-13-9-31(10-14-38)29(40)35-27(36-31)21-4-5-25(32)24(18-21)26(33)34/h4-6,15-18,26,41H,7-14H2,1-3H3,(H,35,36,40)/b15-6+. The number of nitrogens with zero attached hydrogens (tertiary/aromatic N) is 3. The molecule has 0 aliphatic carbocycles. The van der Waals surface area contributed by atoms with E-state index < -0.39 is 40.3 Å². The Morgan fingerprint density at radius 1 is 1.09 bits per heavy atom. The molecule has 2 saturated heterocycles. The summed E-state index contributed by atoms with van der Waals surface area (Å²) in [5.74, 6) is -1.33. The van der Waals surface area contributed by atoms with Gasteiger partial charge in [0.2, 0.25) is 0 Å². The summed E-state index contributed by atoms with van der Waals surface area (Å²) in [6.45, 7) is 7.23. The van der Waals surface area contributed by atoms with Crippen LogP contribution >= 0.6 is 0 Å². The number of carbonyl (C=O) groups excluding carboxylic acids is 2. The van der Waals surface area contributed by atoms with Crippen molar-refractivity contribution < 1.29 is 32.4 Å². The second-order valence-electron chi connectivity index (χ2n) is 11.8. The van der Waals surface area contributed by atoms with Crippen molar-refractivity contribution in [1.82, 2.24) is 14.5 Å². The third-order valence-corrected chi connectivity index (χ3v) is 9.85. The average molecular weight is 617 g/mol. The fraction of sp³-hybridized carbons (Fsp3) is 0.452. The Morgan fingerprint density at radius 3 is 2.33 bits per heavy atom. The first-order chi connectivity index (χ1) is 20.3. The number of likely N-dealkylation sites (tertiary alicyclic amines) is 1. The number of amidine groups is 1. The zero-order valence-electron chi connectivity index (χ0n) is 24.3. The predicted molar refractivity (Wildman–Crippen MR) is 158 cm³/mol. The van der Waals surface area contributed by atoms with Crippen molar-refractivity contribution in [3.8, 4) is 0 Å². The van der Waals surface area contributed by atoms with Gasteiger partial charge in [0.25, 0.3) is 18.2 Å². The van der Waals surface area contributed by atoms with Crippen LogP contribution in [0.3, 0.4) is 0 Å². The van der Waals surface area contributed by atoms with Gasteiger partial charge >= 0.3 is 0 Å². The summed E-state index contributed by atoms with van der Waals surface area (Å²) in [6.07, 6.45) is 0.429. The highest BCUT2D eigenvalue weighted by Crippen LogP contribution is 2.33. The summed E-state index contributed by atoms with van der Waals surface area (Å²) >= 11 is -1.48. The van der Waals surface area contributed by atoms with Crippen LogP contribution in [0.15, 0.2) is 40.7 Å². The first-order valence-corrected chi connectivity index (χ1v) is 15.4. The highest BCUT2D eigenvalue weighted by molar-refractivity contribution is 7.92. The van der Waals surface area contributed by atoms with Gasteiger partial charge in [-0.3, -0.25) is 14.6 Å². The molecule has 1 spiro atoms. The number of piperidine rings is 2. The first-order valence-electron chi connectivity index (χ1n) is 14.2. The maximum absolute atomic E-state index is 13.7. The van der Waals surface area contributed by atoms with Gasteiger partial charge in [0.15, 0.2) is 0 Å². The second kappa shape index (κ2) is 12.1.